The molecule has 0 atom stereocenters. The van der Waals surface area contributed by atoms with Gasteiger partial charge in [-0.05, 0) is 49.0 Å². The van der Waals surface area contributed by atoms with Crippen LogP contribution in [0.1, 0.15) is 11.1 Å². The van der Waals surface area contributed by atoms with Gasteiger partial charge in [-0.1, -0.05) is 29.3 Å². The number of imidazole rings is 1. The molecule has 0 aliphatic rings. The topological polar surface area (TPSA) is 44.5 Å². The highest BCUT2D eigenvalue weighted by atomic mass is 35.5. The lowest BCUT2D eigenvalue weighted by atomic mass is 10.2. The third kappa shape index (κ3) is 2.24. The molecule has 0 bridgehead atoms. The van der Waals surface area contributed by atoms with Crippen molar-refractivity contribution in [3.8, 4) is 11.8 Å². The van der Waals surface area contributed by atoms with E-state index in [-0.39, 0.29) is 0 Å². The zero-order valence-corrected chi connectivity index (χ0v) is 13.3. The second-order valence-corrected chi connectivity index (χ2v) is 5.83. The summed E-state index contributed by atoms with van der Waals surface area (Å²) in [4.78, 5) is 3.06. The van der Waals surface area contributed by atoms with Gasteiger partial charge in [0.25, 0.3) is 0 Å². The molecule has 21 heavy (non-hydrogen) atoms. The van der Waals surface area contributed by atoms with Crippen LogP contribution in [0.15, 0.2) is 30.3 Å². The number of aromatic amines is 1. The van der Waals surface area contributed by atoms with Crippen molar-refractivity contribution in [1.82, 2.24) is 9.55 Å². The van der Waals surface area contributed by atoms with Crippen molar-refractivity contribution in [3.63, 3.8) is 0 Å². The number of para-hydroxylation sites is 1. The minimum Gasteiger partial charge on any atom is -0.329 e. The van der Waals surface area contributed by atoms with E-state index in [9.17, 15) is 5.26 Å². The number of nitrogens with zero attached hydrogens (tertiary/aromatic N) is 2. The van der Waals surface area contributed by atoms with Gasteiger partial charge in [0.15, 0.2) is 4.77 Å². The minimum absolute atomic E-state index is 0.467. The molecule has 6 heteroatoms. The maximum Gasteiger partial charge on any atom is 0.182 e. The lowest BCUT2D eigenvalue weighted by molar-refractivity contribution is 1.06. The number of H-pyrrole nitrogens is 1. The summed E-state index contributed by atoms with van der Waals surface area (Å²) in [6.07, 6.45) is 0. The molecule has 0 spiro atoms. The molecule has 0 fully saturated rings. The number of aryl methyl sites for hydroxylation is 1. The molecule has 0 saturated carbocycles. The lowest BCUT2D eigenvalue weighted by Gasteiger charge is -2.09. The molecule has 2 aromatic carbocycles. The molecule has 3 aromatic rings. The second-order valence-electron chi connectivity index (χ2n) is 4.63. The smallest absolute Gasteiger partial charge is 0.182 e. The first-order valence-corrected chi connectivity index (χ1v) is 7.29. The highest BCUT2D eigenvalue weighted by Gasteiger charge is 2.13. The normalized spacial score (nSPS) is 10.8. The number of aromatic nitrogens is 2. The Labute approximate surface area is 136 Å². The van der Waals surface area contributed by atoms with E-state index in [2.05, 4.69) is 11.1 Å². The quantitative estimate of drug-likeness (QED) is 0.624. The molecule has 0 aliphatic heterocycles. The zero-order chi connectivity index (χ0) is 15.1. The Bertz CT molecular complexity index is 963. The molecule has 0 amide bonds. The van der Waals surface area contributed by atoms with Crippen molar-refractivity contribution >= 4 is 46.5 Å². The highest BCUT2D eigenvalue weighted by molar-refractivity contribution is 7.71. The highest BCUT2D eigenvalue weighted by Crippen LogP contribution is 2.31. The van der Waals surface area contributed by atoms with Crippen molar-refractivity contribution in [1.29, 1.82) is 5.26 Å². The van der Waals surface area contributed by atoms with Gasteiger partial charge >= 0.3 is 0 Å². The Hall–Kier alpha value is -1.80. The molecule has 1 N–H and O–H groups in total. The largest absolute Gasteiger partial charge is 0.329 e. The number of halogens is 2. The fourth-order valence-corrected chi connectivity index (χ4v) is 3.03. The summed E-state index contributed by atoms with van der Waals surface area (Å²) in [5, 5.41) is 10.3. The van der Waals surface area contributed by atoms with Gasteiger partial charge in [-0.25, -0.2) is 0 Å². The van der Waals surface area contributed by atoms with Crippen LogP contribution in [0.3, 0.4) is 0 Å². The van der Waals surface area contributed by atoms with Crippen LogP contribution in [0.4, 0.5) is 0 Å². The van der Waals surface area contributed by atoms with Gasteiger partial charge < -0.3 is 4.98 Å². The van der Waals surface area contributed by atoms with E-state index in [4.69, 9.17) is 35.4 Å². The van der Waals surface area contributed by atoms with Crippen LogP contribution in [-0.2, 0) is 0 Å². The van der Waals surface area contributed by atoms with E-state index < -0.39 is 0 Å². The number of hydrogen-bond acceptors (Lipinski definition) is 2. The number of benzene rings is 2. The van der Waals surface area contributed by atoms with E-state index >= 15 is 0 Å². The van der Waals surface area contributed by atoms with E-state index in [1.807, 2.05) is 19.1 Å². The summed E-state index contributed by atoms with van der Waals surface area (Å²) in [6, 6.07) is 11.2. The van der Waals surface area contributed by atoms with Gasteiger partial charge in [0.2, 0.25) is 0 Å². The van der Waals surface area contributed by atoms with Crippen molar-refractivity contribution in [2.75, 3.05) is 0 Å². The molecule has 104 valence electrons. The molecule has 0 unspecified atom stereocenters. The fourth-order valence-electron chi connectivity index (χ4n) is 2.27. The van der Waals surface area contributed by atoms with Gasteiger partial charge in [0.05, 0.1) is 27.3 Å². The number of nitrogens with one attached hydrogen (secondary N) is 1. The molecular formula is C15H9Cl2N3S. The Morgan fingerprint density at radius 1 is 1.24 bits per heavy atom. The lowest BCUT2D eigenvalue weighted by Crippen LogP contribution is -1.96. The molecule has 3 nitrogen and oxygen atoms in total. The standard InChI is InChI=1S/C15H9Cl2N3S/c1-8-5-11(17)13(6-10(8)16)20-12-4-2-3-9(7-18)14(12)19-15(20)21/h2-6H,1H3,(H,19,21). The van der Waals surface area contributed by atoms with Crippen molar-refractivity contribution in [2.45, 2.75) is 6.92 Å². The molecule has 1 heterocycles. The van der Waals surface area contributed by atoms with Crippen LogP contribution in [0.25, 0.3) is 16.7 Å². The summed E-state index contributed by atoms with van der Waals surface area (Å²) < 4.78 is 2.26. The number of fused-ring (bicyclic) bond motifs is 1. The van der Waals surface area contributed by atoms with Crippen LogP contribution in [0.5, 0.6) is 0 Å². The first kappa shape index (κ1) is 14.2. The summed E-state index contributed by atoms with van der Waals surface area (Å²) in [6.45, 7) is 1.89. The fraction of sp³-hybridized carbons (Fsp3) is 0.0667. The van der Waals surface area contributed by atoms with Gasteiger partial charge in [-0.3, -0.25) is 4.57 Å². The SMILES string of the molecule is Cc1cc(Cl)c(-n2c(=S)[nH]c3c(C#N)cccc32)cc1Cl. The van der Waals surface area contributed by atoms with Crippen molar-refractivity contribution in [3.05, 3.63) is 56.3 Å². The predicted octanol–water partition coefficient (Wildman–Crippen LogP) is 5.17. The summed E-state index contributed by atoms with van der Waals surface area (Å²) in [7, 11) is 0. The van der Waals surface area contributed by atoms with Crippen molar-refractivity contribution < 1.29 is 0 Å². The van der Waals surface area contributed by atoms with Gasteiger partial charge in [-0.2, -0.15) is 5.26 Å². The maximum absolute atomic E-state index is 9.18. The van der Waals surface area contributed by atoms with Crippen LogP contribution in [0.2, 0.25) is 10.0 Å². The molecule has 0 saturated heterocycles. The van der Waals surface area contributed by atoms with Crippen LogP contribution in [-0.4, -0.2) is 9.55 Å². The first-order chi connectivity index (χ1) is 10.0. The van der Waals surface area contributed by atoms with Crippen LogP contribution < -0.4 is 0 Å². The van der Waals surface area contributed by atoms with E-state index in [1.54, 1.807) is 22.8 Å². The summed E-state index contributed by atoms with van der Waals surface area (Å²) in [5.74, 6) is 0. The Morgan fingerprint density at radius 3 is 2.71 bits per heavy atom. The first-order valence-electron chi connectivity index (χ1n) is 6.13. The number of nitriles is 1. The van der Waals surface area contributed by atoms with E-state index in [0.29, 0.717) is 31.6 Å². The predicted molar refractivity (Wildman–Crippen MR) is 87.9 cm³/mol. The minimum atomic E-state index is 0.467. The monoisotopic (exact) mass is 333 g/mol. The van der Waals surface area contributed by atoms with E-state index in [0.717, 1.165) is 11.1 Å². The van der Waals surface area contributed by atoms with Gasteiger partial charge in [0.1, 0.15) is 6.07 Å². The molecule has 0 radical (unpaired) electrons. The zero-order valence-electron chi connectivity index (χ0n) is 10.9. The molecule has 0 aliphatic carbocycles. The maximum atomic E-state index is 9.18. The Balaban J connectivity index is 2.42. The average Bonchev–Trinajstić information content (AvgIpc) is 2.79. The van der Waals surface area contributed by atoms with Gasteiger partial charge in [0, 0.05) is 5.02 Å². The summed E-state index contributed by atoms with van der Waals surface area (Å²) in [5.41, 5.74) is 3.61. The second kappa shape index (κ2) is 5.19. The number of hydrogen-bond donors (Lipinski definition) is 1. The van der Waals surface area contributed by atoms with Crippen LogP contribution in [0, 0.1) is 23.0 Å². The Kier molecular flexibility index (Phi) is 3.50. The van der Waals surface area contributed by atoms with E-state index in [1.165, 1.54) is 0 Å². The average molecular weight is 334 g/mol. The molecular weight excluding hydrogens is 325 g/mol. The molecule has 3 rings (SSSR count). The van der Waals surface area contributed by atoms with Gasteiger partial charge in [-0.15, -0.1) is 0 Å². The summed E-state index contributed by atoms with van der Waals surface area (Å²) >= 11 is 17.9. The Morgan fingerprint density at radius 2 is 2.00 bits per heavy atom. The third-order valence-electron chi connectivity index (χ3n) is 3.31. The third-order valence-corrected chi connectivity index (χ3v) is 4.30. The molecule has 1 aromatic heterocycles. The number of rotatable bonds is 1. The van der Waals surface area contributed by atoms with Crippen LogP contribution >= 0.6 is 35.4 Å². The van der Waals surface area contributed by atoms with Crippen molar-refractivity contribution in [2.24, 2.45) is 0 Å².